The lowest BCUT2D eigenvalue weighted by Gasteiger charge is -2.11. The molecular formula is C20H19N3O3. The fourth-order valence-electron chi connectivity index (χ4n) is 3.15. The van der Waals surface area contributed by atoms with Crippen LogP contribution >= 0.6 is 0 Å². The molecule has 6 heteroatoms. The van der Waals surface area contributed by atoms with E-state index in [9.17, 15) is 9.59 Å². The van der Waals surface area contributed by atoms with Crippen molar-refractivity contribution in [3.05, 3.63) is 70.8 Å². The van der Waals surface area contributed by atoms with Gasteiger partial charge in [0.1, 0.15) is 6.33 Å². The molecule has 1 aliphatic heterocycles. The molecule has 6 nitrogen and oxygen atoms in total. The second-order valence-electron chi connectivity index (χ2n) is 6.33. The highest BCUT2D eigenvalue weighted by Crippen LogP contribution is 2.13. The molecule has 0 saturated carbocycles. The van der Waals surface area contributed by atoms with Gasteiger partial charge in [-0.15, -0.1) is 0 Å². The quantitative estimate of drug-likeness (QED) is 0.784. The highest BCUT2D eigenvalue weighted by atomic mass is 16.5. The number of aromatic nitrogens is 2. The minimum absolute atomic E-state index is 0.0932. The van der Waals surface area contributed by atoms with E-state index in [1.807, 2.05) is 30.3 Å². The molecule has 1 aliphatic rings. The molecule has 4 rings (SSSR count). The van der Waals surface area contributed by atoms with E-state index in [1.165, 1.54) is 10.9 Å². The van der Waals surface area contributed by atoms with Crippen molar-refractivity contribution in [3.8, 4) is 5.69 Å². The summed E-state index contributed by atoms with van der Waals surface area (Å²) in [6.45, 7) is 1.26. The van der Waals surface area contributed by atoms with Crippen LogP contribution in [-0.4, -0.2) is 34.7 Å². The third-order valence-corrected chi connectivity index (χ3v) is 4.57. The topological polar surface area (TPSA) is 73.2 Å². The van der Waals surface area contributed by atoms with Crippen molar-refractivity contribution in [1.82, 2.24) is 14.9 Å². The van der Waals surface area contributed by atoms with Gasteiger partial charge in [-0.3, -0.25) is 14.2 Å². The molecule has 0 bridgehead atoms. The number of nitrogens with one attached hydrogen (secondary N) is 1. The summed E-state index contributed by atoms with van der Waals surface area (Å²) in [7, 11) is 0. The summed E-state index contributed by atoms with van der Waals surface area (Å²) in [4.78, 5) is 29.4. The second kappa shape index (κ2) is 7.09. The first-order valence-corrected chi connectivity index (χ1v) is 8.69. The molecular weight excluding hydrogens is 330 g/mol. The summed E-state index contributed by atoms with van der Waals surface area (Å²) < 4.78 is 7.01. The van der Waals surface area contributed by atoms with Gasteiger partial charge in [0.25, 0.3) is 11.5 Å². The largest absolute Gasteiger partial charge is 0.376 e. The van der Waals surface area contributed by atoms with Gasteiger partial charge in [0.2, 0.25) is 0 Å². The van der Waals surface area contributed by atoms with Gasteiger partial charge in [0, 0.05) is 18.7 Å². The van der Waals surface area contributed by atoms with Crippen molar-refractivity contribution in [1.29, 1.82) is 0 Å². The van der Waals surface area contributed by atoms with E-state index in [0.717, 1.165) is 25.1 Å². The van der Waals surface area contributed by atoms with Crippen LogP contribution in [0.25, 0.3) is 16.6 Å². The van der Waals surface area contributed by atoms with E-state index in [4.69, 9.17) is 4.74 Å². The maximum atomic E-state index is 12.7. The first kappa shape index (κ1) is 16.5. The predicted octanol–water partition coefficient (Wildman–Crippen LogP) is 2.29. The van der Waals surface area contributed by atoms with E-state index < -0.39 is 0 Å². The van der Waals surface area contributed by atoms with Crippen molar-refractivity contribution in [2.75, 3.05) is 13.2 Å². The van der Waals surface area contributed by atoms with Crippen LogP contribution in [0.4, 0.5) is 0 Å². The first-order valence-electron chi connectivity index (χ1n) is 8.69. The molecule has 3 aromatic rings. The van der Waals surface area contributed by atoms with Crippen LogP contribution in [0.5, 0.6) is 0 Å². The average molecular weight is 349 g/mol. The molecule has 2 aromatic carbocycles. The van der Waals surface area contributed by atoms with Crippen LogP contribution in [0.3, 0.4) is 0 Å². The summed E-state index contributed by atoms with van der Waals surface area (Å²) in [5.74, 6) is -0.184. The molecule has 0 spiro atoms. The monoisotopic (exact) mass is 349 g/mol. The van der Waals surface area contributed by atoms with Crippen LogP contribution in [-0.2, 0) is 4.74 Å². The van der Waals surface area contributed by atoms with Crippen molar-refractivity contribution < 1.29 is 9.53 Å². The Kier molecular flexibility index (Phi) is 4.50. The standard InChI is InChI=1S/C20H19N3O3/c24-19(21-12-16-7-4-10-26-16)14-8-9-17-18(11-14)22-13-23(20(17)25)15-5-2-1-3-6-15/h1-3,5-6,8-9,11,13,16H,4,7,10,12H2,(H,21,24)/t16-/m1/s1. The number of hydrogen-bond donors (Lipinski definition) is 1. The van der Waals surface area contributed by atoms with Crippen molar-refractivity contribution in [3.63, 3.8) is 0 Å². The third kappa shape index (κ3) is 3.23. The predicted molar refractivity (Wildman–Crippen MR) is 98.6 cm³/mol. The van der Waals surface area contributed by atoms with Crippen LogP contribution < -0.4 is 10.9 Å². The number of benzene rings is 2. The lowest BCUT2D eigenvalue weighted by Crippen LogP contribution is -2.31. The van der Waals surface area contributed by atoms with Gasteiger partial charge in [-0.05, 0) is 43.2 Å². The van der Waals surface area contributed by atoms with Crippen LogP contribution in [0.15, 0.2) is 59.7 Å². The molecule has 26 heavy (non-hydrogen) atoms. The number of hydrogen-bond acceptors (Lipinski definition) is 4. The number of amides is 1. The number of nitrogens with zero attached hydrogens (tertiary/aromatic N) is 2. The summed E-state index contributed by atoms with van der Waals surface area (Å²) >= 11 is 0. The molecule has 1 fully saturated rings. The summed E-state index contributed by atoms with van der Waals surface area (Å²) in [5, 5.41) is 3.36. The second-order valence-corrected chi connectivity index (χ2v) is 6.33. The van der Waals surface area contributed by atoms with Crippen molar-refractivity contribution >= 4 is 16.8 Å². The first-order chi connectivity index (χ1) is 12.7. The van der Waals surface area contributed by atoms with Gasteiger partial charge in [-0.25, -0.2) is 4.98 Å². The summed E-state index contributed by atoms with van der Waals surface area (Å²) in [6, 6.07) is 14.3. The molecule has 1 amide bonds. The Morgan fingerprint density at radius 2 is 2.08 bits per heavy atom. The molecule has 1 aromatic heterocycles. The number of carbonyl (C=O) groups excluding carboxylic acids is 1. The Bertz CT molecular complexity index is 992. The molecule has 1 atom stereocenters. The van der Waals surface area contributed by atoms with Gasteiger partial charge >= 0.3 is 0 Å². The smallest absolute Gasteiger partial charge is 0.265 e. The van der Waals surface area contributed by atoms with Gasteiger partial charge in [0.05, 0.1) is 22.7 Å². The SMILES string of the molecule is O=C(NC[C@H]1CCCO1)c1ccc2c(=O)n(-c3ccccc3)cnc2c1. The molecule has 0 aliphatic carbocycles. The number of fused-ring (bicyclic) bond motifs is 1. The highest BCUT2D eigenvalue weighted by Gasteiger charge is 2.17. The van der Waals surface area contributed by atoms with E-state index in [2.05, 4.69) is 10.3 Å². The zero-order valence-electron chi connectivity index (χ0n) is 14.2. The third-order valence-electron chi connectivity index (χ3n) is 4.57. The molecule has 2 heterocycles. The number of para-hydroxylation sites is 1. The van der Waals surface area contributed by atoms with Gasteiger partial charge in [-0.1, -0.05) is 18.2 Å². The average Bonchev–Trinajstić information content (AvgIpc) is 3.20. The van der Waals surface area contributed by atoms with E-state index in [0.29, 0.717) is 23.0 Å². The number of carbonyl (C=O) groups is 1. The Hall–Kier alpha value is -2.99. The van der Waals surface area contributed by atoms with Crippen LogP contribution in [0.2, 0.25) is 0 Å². The minimum atomic E-state index is -0.184. The van der Waals surface area contributed by atoms with E-state index in [-0.39, 0.29) is 17.6 Å². The fourth-order valence-corrected chi connectivity index (χ4v) is 3.15. The van der Waals surface area contributed by atoms with Gasteiger partial charge < -0.3 is 10.1 Å². The summed E-state index contributed by atoms with van der Waals surface area (Å²) in [5.41, 5.74) is 1.59. The highest BCUT2D eigenvalue weighted by molar-refractivity contribution is 5.97. The maximum Gasteiger partial charge on any atom is 0.265 e. The van der Waals surface area contributed by atoms with Gasteiger partial charge in [0.15, 0.2) is 0 Å². The zero-order valence-corrected chi connectivity index (χ0v) is 14.2. The molecule has 1 N–H and O–H groups in total. The Balaban J connectivity index is 1.59. The van der Waals surface area contributed by atoms with E-state index >= 15 is 0 Å². The minimum Gasteiger partial charge on any atom is -0.376 e. The lowest BCUT2D eigenvalue weighted by molar-refractivity contribution is 0.0858. The van der Waals surface area contributed by atoms with Crippen LogP contribution in [0, 0.1) is 0 Å². The normalized spacial score (nSPS) is 16.7. The Morgan fingerprint density at radius 1 is 1.23 bits per heavy atom. The zero-order chi connectivity index (χ0) is 17.9. The van der Waals surface area contributed by atoms with Gasteiger partial charge in [-0.2, -0.15) is 0 Å². The van der Waals surface area contributed by atoms with Crippen molar-refractivity contribution in [2.24, 2.45) is 0 Å². The Labute approximate surface area is 150 Å². The number of rotatable bonds is 4. The molecule has 1 saturated heterocycles. The molecule has 132 valence electrons. The van der Waals surface area contributed by atoms with Crippen molar-refractivity contribution in [2.45, 2.75) is 18.9 Å². The van der Waals surface area contributed by atoms with Crippen LogP contribution in [0.1, 0.15) is 23.2 Å². The molecule has 0 unspecified atom stereocenters. The lowest BCUT2D eigenvalue weighted by atomic mass is 10.1. The maximum absolute atomic E-state index is 12.7. The molecule has 0 radical (unpaired) electrons. The van der Waals surface area contributed by atoms with E-state index in [1.54, 1.807) is 18.2 Å². The number of ether oxygens (including phenoxy) is 1. The Morgan fingerprint density at radius 3 is 2.85 bits per heavy atom. The summed E-state index contributed by atoms with van der Waals surface area (Å²) in [6.07, 6.45) is 3.59. The fraction of sp³-hybridized carbons (Fsp3) is 0.250.